The van der Waals surface area contributed by atoms with E-state index in [2.05, 4.69) is 10.3 Å². The molecule has 0 amide bonds. The van der Waals surface area contributed by atoms with Crippen LogP contribution in [0.5, 0.6) is 0 Å². The van der Waals surface area contributed by atoms with Crippen LogP contribution in [0.15, 0.2) is 45.3 Å². The number of fused-ring (bicyclic) bond motifs is 4. The smallest absolute Gasteiger partial charge is 0.338 e. The summed E-state index contributed by atoms with van der Waals surface area (Å²) in [6.45, 7) is 3.84. The minimum Gasteiger partial charge on any atom is -0.459 e. The highest BCUT2D eigenvalue weighted by Crippen LogP contribution is 2.59. The monoisotopic (exact) mass is 371 g/mol. The van der Waals surface area contributed by atoms with Gasteiger partial charge in [0.25, 0.3) is 0 Å². The molecule has 2 aliphatic carbocycles. The molecule has 1 aromatic rings. The van der Waals surface area contributed by atoms with Gasteiger partial charge in [-0.05, 0) is 43.9 Å². The third-order valence-electron chi connectivity index (χ3n) is 7.11. The molecule has 1 aromatic heterocycles. The van der Waals surface area contributed by atoms with Crippen molar-refractivity contribution in [2.45, 2.75) is 43.9 Å². The Morgan fingerprint density at radius 2 is 2.15 bits per heavy atom. The maximum Gasteiger partial charge on any atom is 0.338 e. The molecule has 8 nitrogen and oxygen atoms in total. The van der Waals surface area contributed by atoms with Crippen molar-refractivity contribution in [3.63, 3.8) is 0 Å². The van der Waals surface area contributed by atoms with E-state index < -0.39 is 28.6 Å². The van der Waals surface area contributed by atoms with Crippen molar-refractivity contribution in [1.29, 1.82) is 0 Å². The van der Waals surface area contributed by atoms with Crippen LogP contribution in [0.3, 0.4) is 0 Å². The number of esters is 1. The van der Waals surface area contributed by atoms with Crippen molar-refractivity contribution in [2.24, 2.45) is 27.6 Å². The van der Waals surface area contributed by atoms with Gasteiger partial charge in [-0.2, -0.15) is 0 Å². The number of rotatable bonds is 1. The summed E-state index contributed by atoms with van der Waals surface area (Å²) in [7, 11) is 0. The van der Waals surface area contributed by atoms with Crippen molar-refractivity contribution >= 4 is 17.6 Å². The summed E-state index contributed by atoms with van der Waals surface area (Å²) < 4.78 is 11.2. The van der Waals surface area contributed by atoms with Gasteiger partial charge in [-0.25, -0.2) is 9.80 Å². The fourth-order valence-electron chi connectivity index (χ4n) is 5.31. The number of carbonyl (C=O) groups is 2. The van der Waals surface area contributed by atoms with Gasteiger partial charge in [-0.1, -0.05) is 12.1 Å². The average Bonchev–Trinajstić information content (AvgIpc) is 3.39. The number of anilines is 1. The SMILES string of the molecule is C[C@H]1CCC2C(OC(=O)C23CN(c2ccco2)N=N3)[C@]2(C)C(=O)C=C[C@@]12O. The van der Waals surface area contributed by atoms with E-state index >= 15 is 0 Å². The van der Waals surface area contributed by atoms with E-state index in [0.29, 0.717) is 18.7 Å². The molecule has 4 aliphatic rings. The molecule has 0 radical (unpaired) electrons. The summed E-state index contributed by atoms with van der Waals surface area (Å²) in [5, 5.41) is 21.4. The maximum atomic E-state index is 13.0. The Kier molecular flexibility index (Phi) is 3.13. The van der Waals surface area contributed by atoms with Gasteiger partial charge in [0, 0.05) is 12.0 Å². The van der Waals surface area contributed by atoms with E-state index in [0.717, 1.165) is 0 Å². The Morgan fingerprint density at radius 3 is 2.89 bits per heavy atom. The van der Waals surface area contributed by atoms with Crippen LogP contribution >= 0.6 is 0 Å². The number of hydrogen-bond donors (Lipinski definition) is 1. The lowest BCUT2D eigenvalue weighted by atomic mass is 9.63. The summed E-state index contributed by atoms with van der Waals surface area (Å²) in [4.78, 5) is 25.8. The predicted molar refractivity (Wildman–Crippen MR) is 92.6 cm³/mol. The van der Waals surface area contributed by atoms with Crippen molar-refractivity contribution in [1.82, 2.24) is 0 Å². The quantitative estimate of drug-likeness (QED) is 0.758. The van der Waals surface area contributed by atoms with Crippen LogP contribution in [0.25, 0.3) is 0 Å². The normalized spacial score (nSPS) is 45.3. The lowest BCUT2D eigenvalue weighted by Gasteiger charge is -2.43. The van der Waals surface area contributed by atoms with Gasteiger partial charge in [0.15, 0.2) is 5.78 Å². The van der Waals surface area contributed by atoms with Crippen LogP contribution in [-0.4, -0.2) is 40.6 Å². The van der Waals surface area contributed by atoms with Crippen LogP contribution in [-0.2, 0) is 14.3 Å². The molecule has 1 spiro atoms. The largest absolute Gasteiger partial charge is 0.459 e. The summed E-state index contributed by atoms with van der Waals surface area (Å²) in [6, 6.07) is 3.48. The van der Waals surface area contributed by atoms with Gasteiger partial charge >= 0.3 is 5.97 Å². The summed E-state index contributed by atoms with van der Waals surface area (Å²) in [5.74, 6) is -0.704. The second kappa shape index (κ2) is 5.07. The lowest BCUT2D eigenvalue weighted by Crippen LogP contribution is -2.57. The minimum atomic E-state index is -1.34. The van der Waals surface area contributed by atoms with Crippen molar-refractivity contribution in [2.75, 3.05) is 11.6 Å². The van der Waals surface area contributed by atoms with Crippen LogP contribution < -0.4 is 5.01 Å². The molecule has 142 valence electrons. The van der Waals surface area contributed by atoms with Crippen LogP contribution in [0, 0.1) is 17.3 Å². The highest BCUT2D eigenvalue weighted by atomic mass is 16.6. The predicted octanol–water partition coefficient (Wildman–Crippen LogP) is 2.05. The van der Waals surface area contributed by atoms with E-state index in [1.54, 1.807) is 30.1 Å². The first kappa shape index (κ1) is 16.7. The highest BCUT2D eigenvalue weighted by molar-refractivity contribution is 6.00. The molecular formula is C19H21N3O5. The maximum absolute atomic E-state index is 13.0. The molecule has 1 saturated heterocycles. The standard InChI is InChI=1S/C19H21N3O5/c1-11-5-6-12-15(17(2)13(23)7-8-19(11,17)25)27-16(24)18(12)10-22(21-20-18)14-4-3-9-26-14/h3-4,7-9,11-12,15,25H,5-6,10H2,1-2H3/t11-,12?,15?,17-,18?,19+/m0/s1. The minimum absolute atomic E-state index is 0.147. The Bertz CT molecular complexity index is 880. The van der Waals surface area contributed by atoms with Crippen LogP contribution in [0.2, 0.25) is 0 Å². The van der Waals surface area contributed by atoms with E-state index in [9.17, 15) is 14.7 Å². The number of ether oxygens (including phenoxy) is 1. The molecule has 0 bridgehead atoms. The molecule has 3 unspecified atom stereocenters. The molecule has 6 atom stereocenters. The van der Waals surface area contributed by atoms with Gasteiger partial charge in [0.2, 0.25) is 11.4 Å². The Labute approximate surface area is 155 Å². The van der Waals surface area contributed by atoms with E-state index in [4.69, 9.17) is 9.15 Å². The molecule has 8 heteroatoms. The molecule has 1 N–H and O–H groups in total. The van der Waals surface area contributed by atoms with Crippen molar-refractivity contribution < 1.29 is 23.8 Å². The Morgan fingerprint density at radius 1 is 1.33 bits per heavy atom. The van der Waals surface area contributed by atoms with Crippen molar-refractivity contribution in [3.8, 4) is 0 Å². The summed E-state index contributed by atoms with van der Waals surface area (Å²) in [5.41, 5.74) is -3.75. The Hall–Kier alpha value is -2.48. The van der Waals surface area contributed by atoms with Gasteiger partial charge in [0.05, 0.1) is 18.2 Å². The number of hydrogen-bond acceptors (Lipinski definition) is 8. The number of aliphatic hydroxyl groups is 1. The summed E-state index contributed by atoms with van der Waals surface area (Å²) >= 11 is 0. The topological polar surface area (TPSA) is 105 Å². The first-order chi connectivity index (χ1) is 12.8. The molecule has 1 saturated carbocycles. The van der Waals surface area contributed by atoms with E-state index in [1.807, 2.05) is 6.92 Å². The molecule has 27 heavy (non-hydrogen) atoms. The third-order valence-corrected chi connectivity index (χ3v) is 7.11. The second-order valence-electron chi connectivity index (χ2n) is 8.26. The lowest BCUT2D eigenvalue weighted by molar-refractivity contribution is -0.166. The fraction of sp³-hybridized carbons (Fsp3) is 0.579. The number of nitrogens with zero attached hydrogens (tertiary/aromatic N) is 3. The van der Waals surface area contributed by atoms with E-state index in [1.165, 1.54) is 12.3 Å². The molecule has 0 aromatic carbocycles. The average molecular weight is 371 g/mol. The van der Waals surface area contributed by atoms with Gasteiger partial charge in [-0.3, -0.25) is 4.79 Å². The first-order valence-electron chi connectivity index (χ1n) is 9.24. The van der Waals surface area contributed by atoms with Crippen LogP contribution in [0.4, 0.5) is 5.88 Å². The highest BCUT2D eigenvalue weighted by Gasteiger charge is 2.72. The number of carbonyl (C=O) groups excluding carboxylic acids is 2. The molecule has 3 heterocycles. The molecular weight excluding hydrogens is 350 g/mol. The van der Waals surface area contributed by atoms with Gasteiger partial charge in [0.1, 0.15) is 11.7 Å². The molecule has 2 aliphatic heterocycles. The fourth-order valence-corrected chi connectivity index (χ4v) is 5.31. The van der Waals surface area contributed by atoms with Crippen LogP contribution in [0.1, 0.15) is 26.7 Å². The zero-order valence-electron chi connectivity index (χ0n) is 15.2. The van der Waals surface area contributed by atoms with E-state index in [-0.39, 0.29) is 24.2 Å². The third kappa shape index (κ3) is 1.81. The molecule has 2 fully saturated rings. The number of furan rings is 1. The first-order valence-corrected chi connectivity index (χ1v) is 9.24. The molecule has 5 rings (SSSR count). The zero-order chi connectivity index (χ0) is 19.0. The van der Waals surface area contributed by atoms with Gasteiger partial charge < -0.3 is 14.3 Å². The number of ketones is 1. The summed E-state index contributed by atoms with van der Waals surface area (Å²) in [6.07, 6.45) is 5.04. The van der Waals surface area contributed by atoms with Crippen molar-refractivity contribution in [3.05, 3.63) is 30.5 Å². The number of allylic oxidation sites excluding steroid dienone is 1. The zero-order valence-corrected chi connectivity index (χ0v) is 15.2. The Balaban J connectivity index is 1.57. The van der Waals surface area contributed by atoms with Gasteiger partial charge in [-0.15, -0.1) is 5.11 Å². The second-order valence-corrected chi connectivity index (χ2v) is 8.26.